The maximum absolute atomic E-state index is 12.4. The Labute approximate surface area is 124 Å². The fraction of sp³-hybridized carbons (Fsp3) is 0.529. The number of benzene rings is 1. The minimum absolute atomic E-state index is 0.230. The second kappa shape index (κ2) is 5.88. The Morgan fingerprint density at radius 3 is 2.67 bits per heavy atom. The molecule has 0 aromatic heterocycles. The number of aromatic carboxylic acids is 1. The molecule has 21 heavy (non-hydrogen) atoms. The van der Waals surface area contributed by atoms with E-state index in [1.54, 1.807) is 12.1 Å². The highest BCUT2D eigenvalue weighted by atomic mass is 16.4. The molecule has 1 aromatic rings. The smallest absolute Gasteiger partial charge is 0.335 e. The molecule has 0 spiro atoms. The van der Waals surface area contributed by atoms with E-state index in [4.69, 9.17) is 5.11 Å². The summed E-state index contributed by atoms with van der Waals surface area (Å²) in [5.41, 5.74) is 2.46. The van der Waals surface area contributed by atoms with Crippen LogP contribution in [-0.4, -0.2) is 28.4 Å². The van der Waals surface area contributed by atoms with Crippen molar-refractivity contribution < 1.29 is 14.7 Å². The lowest BCUT2D eigenvalue weighted by molar-refractivity contribution is -0.133. The van der Waals surface area contributed by atoms with Crippen molar-refractivity contribution in [1.82, 2.24) is 4.90 Å². The molecule has 2 aliphatic rings. The second-order valence-corrected chi connectivity index (χ2v) is 6.21. The quantitative estimate of drug-likeness (QED) is 0.930. The zero-order valence-corrected chi connectivity index (χ0v) is 12.2. The van der Waals surface area contributed by atoms with Crippen LogP contribution in [0.15, 0.2) is 18.2 Å². The van der Waals surface area contributed by atoms with Gasteiger partial charge in [-0.1, -0.05) is 18.9 Å². The summed E-state index contributed by atoms with van der Waals surface area (Å²) in [5, 5.41) is 9.07. The number of rotatable bonds is 3. The van der Waals surface area contributed by atoms with Crippen molar-refractivity contribution in [3.8, 4) is 0 Å². The highest BCUT2D eigenvalue weighted by Gasteiger charge is 2.25. The minimum Gasteiger partial charge on any atom is -0.478 e. The molecule has 3 rings (SSSR count). The summed E-state index contributed by atoms with van der Waals surface area (Å²) >= 11 is 0. The van der Waals surface area contributed by atoms with Crippen LogP contribution < -0.4 is 0 Å². The van der Waals surface area contributed by atoms with Gasteiger partial charge in [0.1, 0.15) is 0 Å². The van der Waals surface area contributed by atoms with Crippen LogP contribution in [0, 0.1) is 5.92 Å². The summed E-state index contributed by atoms with van der Waals surface area (Å²) in [6.45, 7) is 1.31. The Morgan fingerprint density at radius 2 is 1.95 bits per heavy atom. The Balaban J connectivity index is 1.69. The van der Waals surface area contributed by atoms with Crippen molar-refractivity contribution in [1.29, 1.82) is 0 Å². The third-order valence-electron chi connectivity index (χ3n) is 4.76. The first kappa shape index (κ1) is 14.1. The summed E-state index contributed by atoms with van der Waals surface area (Å²) in [6, 6.07) is 5.25. The summed E-state index contributed by atoms with van der Waals surface area (Å²) in [5.74, 6) is -0.121. The van der Waals surface area contributed by atoms with Gasteiger partial charge in [-0.15, -0.1) is 0 Å². The topological polar surface area (TPSA) is 57.6 Å². The molecule has 0 bridgehead atoms. The van der Waals surface area contributed by atoms with Crippen molar-refractivity contribution in [3.05, 3.63) is 34.9 Å². The third-order valence-corrected chi connectivity index (χ3v) is 4.76. The largest absolute Gasteiger partial charge is 0.478 e. The van der Waals surface area contributed by atoms with E-state index in [1.165, 1.54) is 31.2 Å². The molecule has 4 nitrogen and oxygen atoms in total. The molecule has 0 saturated heterocycles. The van der Waals surface area contributed by atoms with Gasteiger partial charge in [0.05, 0.1) is 5.56 Å². The molecule has 0 radical (unpaired) electrons. The molecule has 1 fully saturated rings. The number of carbonyl (C=O) groups excluding carboxylic acids is 1. The first-order valence-corrected chi connectivity index (χ1v) is 7.76. The average molecular weight is 287 g/mol. The van der Waals surface area contributed by atoms with Crippen LogP contribution in [0.25, 0.3) is 0 Å². The van der Waals surface area contributed by atoms with E-state index < -0.39 is 5.97 Å². The molecule has 0 unspecified atom stereocenters. The molecular weight excluding hydrogens is 266 g/mol. The summed E-state index contributed by atoms with van der Waals surface area (Å²) in [4.78, 5) is 25.3. The van der Waals surface area contributed by atoms with Crippen LogP contribution in [0.4, 0.5) is 0 Å². The van der Waals surface area contributed by atoms with Gasteiger partial charge in [0.2, 0.25) is 5.91 Å². The summed E-state index contributed by atoms with van der Waals surface area (Å²) < 4.78 is 0. The first-order valence-electron chi connectivity index (χ1n) is 7.76. The molecule has 0 atom stereocenters. The normalized spacial score (nSPS) is 18.6. The molecule has 4 heteroatoms. The molecule has 112 valence electrons. The predicted molar refractivity (Wildman–Crippen MR) is 79.1 cm³/mol. The van der Waals surface area contributed by atoms with E-state index in [1.807, 2.05) is 11.0 Å². The van der Waals surface area contributed by atoms with Gasteiger partial charge in [-0.2, -0.15) is 0 Å². The van der Waals surface area contributed by atoms with Gasteiger partial charge in [0.15, 0.2) is 0 Å². The van der Waals surface area contributed by atoms with E-state index in [0.717, 1.165) is 18.5 Å². The van der Waals surface area contributed by atoms with Gasteiger partial charge in [0.25, 0.3) is 0 Å². The number of carboxylic acid groups (broad SMARTS) is 1. The SMILES string of the molecule is O=C(O)c1ccc2c(c1)CN(C(=O)CC1CCCC1)CC2. The van der Waals surface area contributed by atoms with E-state index in [-0.39, 0.29) is 5.91 Å². The van der Waals surface area contributed by atoms with E-state index in [9.17, 15) is 9.59 Å². The van der Waals surface area contributed by atoms with Crippen LogP contribution in [0.1, 0.15) is 53.6 Å². The van der Waals surface area contributed by atoms with Crippen molar-refractivity contribution in [3.63, 3.8) is 0 Å². The predicted octanol–water partition coefficient (Wildman–Crippen LogP) is 2.85. The fourth-order valence-corrected chi connectivity index (χ4v) is 3.49. The number of hydrogen-bond acceptors (Lipinski definition) is 2. The summed E-state index contributed by atoms with van der Waals surface area (Å²) in [7, 11) is 0. The second-order valence-electron chi connectivity index (χ2n) is 6.21. The monoisotopic (exact) mass is 287 g/mol. The fourth-order valence-electron chi connectivity index (χ4n) is 3.49. The maximum atomic E-state index is 12.4. The van der Waals surface area contributed by atoms with Crippen LogP contribution in [0.2, 0.25) is 0 Å². The van der Waals surface area contributed by atoms with Crippen LogP contribution in [0.3, 0.4) is 0 Å². The molecule has 1 saturated carbocycles. The molecule has 1 aliphatic heterocycles. The van der Waals surface area contributed by atoms with Gasteiger partial charge in [-0.05, 0) is 48.4 Å². The molecule has 1 aromatic carbocycles. The Kier molecular flexibility index (Phi) is 3.95. The lowest BCUT2D eigenvalue weighted by atomic mass is 9.96. The lowest BCUT2D eigenvalue weighted by Crippen LogP contribution is -2.36. The highest BCUT2D eigenvalue weighted by Crippen LogP contribution is 2.29. The molecular formula is C17H21NO3. The van der Waals surface area contributed by atoms with Crippen molar-refractivity contribution in [2.24, 2.45) is 5.92 Å². The van der Waals surface area contributed by atoms with Gasteiger partial charge in [0, 0.05) is 19.5 Å². The first-order chi connectivity index (χ1) is 10.1. The van der Waals surface area contributed by atoms with E-state index in [2.05, 4.69) is 0 Å². The Morgan fingerprint density at radius 1 is 1.19 bits per heavy atom. The molecule has 1 heterocycles. The molecule has 1 N–H and O–H groups in total. The van der Waals surface area contributed by atoms with Crippen LogP contribution >= 0.6 is 0 Å². The van der Waals surface area contributed by atoms with E-state index >= 15 is 0 Å². The number of fused-ring (bicyclic) bond motifs is 1. The molecule has 1 amide bonds. The number of amides is 1. The maximum Gasteiger partial charge on any atom is 0.335 e. The summed E-state index contributed by atoms with van der Waals surface area (Å²) in [6.07, 6.45) is 6.35. The van der Waals surface area contributed by atoms with Crippen LogP contribution in [0.5, 0.6) is 0 Å². The minimum atomic E-state index is -0.910. The van der Waals surface area contributed by atoms with Crippen molar-refractivity contribution in [2.75, 3.05) is 6.54 Å². The number of carbonyl (C=O) groups is 2. The number of nitrogens with zero attached hydrogens (tertiary/aromatic N) is 1. The number of carboxylic acids is 1. The Hall–Kier alpha value is -1.84. The third kappa shape index (κ3) is 3.09. The van der Waals surface area contributed by atoms with Gasteiger partial charge >= 0.3 is 5.97 Å². The Bertz CT molecular complexity index is 561. The van der Waals surface area contributed by atoms with Gasteiger partial charge < -0.3 is 10.0 Å². The zero-order valence-electron chi connectivity index (χ0n) is 12.2. The van der Waals surface area contributed by atoms with E-state index in [0.29, 0.717) is 24.4 Å². The highest BCUT2D eigenvalue weighted by molar-refractivity contribution is 5.88. The van der Waals surface area contributed by atoms with Gasteiger partial charge in [-0.25, -0.2) is 4.79 Å². The zero-order chi connectivity index (χ0) is 14.8. The molecule has 1 aliphatic carbocycles. The average Bonchev–Trinajstić information content (AvgIpc) is 2.98. The van der Waals surface area contributed by atoms with Crippen molar-refractivity contribution >= 4 is 11.9 Å². The lowest BCUT2D eigenvalue weighted by Gasteiger charge is -2.30. The van der Waals surface area contributed by atoms with Crippen molar-refractivity contribution in [2.45, 2.75) is 45.1 Å². The standard InChI is InChI=1S/C17H21NO3/c19-16(9-12-3-1-2-4-12)18-8-7-13-5-6-14(17(20)21)10-15(13)11-18/h5-6,10,12H,1-4,7-9,11H2,(H,20,21). The van der Waals surface area contributed by atoms with Crippen LogP contribution in [-0.2, 0) is 17.8 Å². The van der Waals surface area contributed by atoms with Gasteiger partial charge in [-0.3, -0.25) is 4.79 Å². The number of hydrogen-bond donors (Lipinski definition) is 1.